The van der Waals surface area contributed by atoms with Crippen LogP contribution >= 0.6 is 0 Å². The van der Waals surface area contributed by atoms with Gasteiger partial charge in [0.25, 0.3) is 0 Å². The van der Waals surface area contributed by atoms with Gasteiger partial charge < -0.3 is 0 Å². The van der Waals surface area contributed by atoms with E-state index in [-0.39, 0.29) is 31.8 Å². The van der Waals surface area contributed by atoms with Crippen molar-refractivity contribution in [2.24, 2.45) is 0 Å². The van der Waals surface area contributed by atoms with Crippen LogP contribution in [-0.4, -0.2) is 21.6 Å². The van der Waals surface area contributed by atoms with Crippen LogP contribution in [-0.2, 0) is 14.7 Å². The molecule has 0 amide bonds. The number of hydrogen-bond donors (Lipinski definition) is 1. The summed E-state index contributed by atoms with van der Waals surface area (Å²) in [7, 11) is 0. The molecule has 0 bridgehead atoms. The van der Waals surface area contributed by atoms with Crippen molar-refractivity contribution in [3.8, 4) is 0 Å². The quantitative estimate of drug-likeness (QED) is 0.784. The van der Waals surface area contributed by atoms with Gasteiger partial charge in [-0.3, -0.25) is 0 Å². The molecule has 2 aromatic rings. The Kier molecular flexibility index (Phi) is 3.00. The van der Waals surface area contributed by atoms with E-state index in [4.69, 9.17) is 5.11 Å². The number of benzene rings is 2. The molecule has 4 nitrogen and oxygen atoms in total. The zero-order valence-electron chi connectivity index (χ0n) is 10.0. The van der Waals surface area contributed by atoms with Gasteiger partial charge in [-0.15, -0.1) is 0 Å². The van der Waals surface area contributed by atoms with Gasteiger partial charge in [0.15, 0.2) is 0 Å². The molecule has 1 aliphatic rings. The fraction of sp³-hybridized carbons (Fsp3) is 0. The van der Waals surface area contributed by atoms with Gasteiger partial charge in [0.05, 0.1) is 0 Å². The van der Waals surface area contributed by atoms with E-state index < -0.39 is 4.90 Å². The second-order valence-corrected chi connectivity index (χ2v) is 5.49. The van der Waals surface area contributed by atoms with Crippen molar-refractivity contribution < 1.29 is 34.2 Å². The molecular formula is C15H8CoO4. The fourth-order valence-electron chi connectivity index (χ4n) is 2.20. The van der Waals surface area contributed by atoms with E-state index in [0.29, 0.717) is 21.2 Å². The van der Waals surface area contributed by atoms with Gasteiger partial charge in [0.1, 0.15) is 0 Å². The van der Waals surface area contributed by atoms with Crippen molar-refractivity contribution in [3.63, 3.8) is 0 Å². The molecule has 0 radical (unpaired) electrons. The minimum absolute atomic E-state index is 0.122. The average molecular weight is 311 g/mol. The Hall–Kier alpha value is -2.24. The second kappa shape index (κ2) is 4.70. The van der Waals surface area contributed by atoms with Gasteiger partial charge >= 0.3 is 120 Å². The van der Waals surface area contributed by atoms with E-state index in [1.165, 1.54) is 12.1 Å². The molecule has 0 saturated carbocycles. The van der Waals surface area contributed by atoms with Crippen LogP contribution in [0.3, 0.4) is 0 Å². The summed E-state index contributed by atoms with van der Waals surface area (Å²) >= 11 is 0.122. The summed E-state index contributed by atoms with van der Waals surface area (Å²) in [5.41, 5.74) is 1.37. The molecule has 0 saturated heterocycles. The molecule has 0 spiro atoms. The van der Waals surface area contributed by atoms with E-state index in [1.54, 1.807) is 30.3 Å². The Balaban J connectivity index is 2.16. The van der Waals surface area contributed by atoms with Gasteiger partial charge in [-0.05, 0) is 0 Å². The number of hydrogen-bond acceptors (Lipinski definition) is 3. The van der Waals surface area contributed by atoms with Gasteiger partial charge in [-0.1, -0.05) is 0 Å². The summed E-state index contributed by atoms with van der Waals surface area (Å²) in [5.74, 6) is -0.439. The molecule has 1 aliphatic carbocycles. The standard InChI is InChI=1S/C14H7O2.CHO2.Co/c15-13-9-5-1-2-6-10(9)14(16)12-8-4-3-7-11(12)13;2-1-3;/h1-3,5-8H;(H,2,3);. The van der Waals surface area contributed by atoms with E-state index in [9.17, 15) is 14.4 Å². The normalized spacial score (nSPS) is 13.0. The van der Waals surface area contributed by atoms with Crippen LogP contribution in [0.25, 0.3) is 0 Å². The Morgan fingerprint density at radius 2 is 1.40 bits per heavy atom. The molecule has 2 aromatic carbocycles. The molecule has 0 heterocycles. The molecule has 0 unspecified atom stereocenters. The number of fused-ring (bicyclic) bond motifs is 2. The average Bonchev–Trinajstić information content (AvgIpc) is 2.44. The van der Waals surface area contributed by atoms with Crippen molar-refractivity contribution in [2.75, 3.05) is 0 Å². The minimum atomic E-state index is -1.00. The molecular weight excluding hydrogens is 303 g/mol. The van der Waals surface area contributed by atoms with Crippen LogP contribution in [0, 0.1) is 0 Å². The molecule has 0 fully saturated rings. The van der Waals surface area contributed by atoms with Crippen LogP contribution in [0.15, 0.2) is 42.5 Å². The molecule has 0 aliphatic heterocycles. The zero-order valence-corrected chi connectivity index (χ0v) is 11.1. The summed E-state index contributed by atoms with van der Waals surface area (Å²) in [6.07, 6.45) is 0. The molecule has 20 heavy (non-hydrogen) atoms. The summed E-state index contributed by atoms with van der Waals surface area (Å²) in [6, 6.07) is 11.2. The number of rotatable bonds is 2. The maximum absolute atomic E-state index is 12.4. The van der Waals surface area contributed by atoms with Gasteiger partial charge in [-0.25, -0.2) is 0 Å². The number of carboxylic acid groups (broad SMARTS) is 1. The maximum atomic E-state index is 12.4. The first-order valence-corrected chi connectivity index (χ1v) is 6.78. The predicted molar refractivity (Wildman–Crippen MR) is 67.4 cm³/mol. The van der Waals surface area contributed by atoms with E-state index in [1.807, 2.05) is 0 Å². The predicted octanol–water partition coefficient (Wildman–Crippen LogP) is 1.85. The van der Waals surface area contributed by atoms with Gasteiger partial charge in [-0.2, -0.15) is 0 Å². The molecule has 5 heteroatoms. The second-order valence-electron chi connectivity index (χ2n) is 4.19. The number of carbonyl (C=O) groups excluding carboxylic acids is 2. The zero-order chi connectivity index (χ0) is 14.3. The van der Waals surface area contributed by atoms with E-state index in [2.05, 4.69) is 0 Å². The SMILES string of the molecule is O=[C](O)[Co][c]1ccc2c(c1)C(=O)c1ccccc1C2=O. The Labute approximate surface area is 120 Å². The molecule has 101 valence electrons. The summed E-state index contributed by atoms with van der Waals surface area (Å²) < 4.78 is 0.480. The first-order chi connectivity index (χ1) is 9.58. The number of carbonyl (C=O) groups is 3. The van der Waals surface area contributed by atoms with E-state index >= 15 is 0 Å². The first-order valence-electron chi connectivity index (χ1n) is 5.73. The summed E-state index contributed by atoms with van der Waals surface area (Å²) in [5, 5.41) is 8.78. The Morgan fingerprint density at radius 1 is 0.850 bits per heavy atom. The fourth-order valence-corrected chi connectivity index (χ4v) is 2.85. The Bertz CT molecular complexity index is 764. The first kappa shape index (κ1) is 12.8. The molecule has 0 atom stereocenters. The van der Waals surface area contributed by atoms with Crippen LogP contribution in [0.4, 0.5) is 4.79 Å². The van der Waals surface area contributed by atoms with Crippen molar-refractivity contribution in [1.29, 1.82) is 0 Å². The van der Waals surface area contributed by atoms with Gasteiger partial charge in [0, 0.05) is 0 Å². The third-order valence-corrected chi connectivity index (χ3v) is 3.89. The third-order valence-electron chi connectivity index (χ3n) is 3.04. The Morgan fingerprint density at radius 3 is 2.00 bits per heavy atom. The van der Waals surface area contributed by atoms with Crippen molar-refractivity contribution in [2.45, 2.75) is 0 Å². The number of ketones is 2. The third kappa shape index (κ3) is 1.97. The topological polar surface area (TPSA) is 71.4 Å². The monoisotopic (exact) mass is 311 g/mol. The van der Waals surface area contributed by atoms with Crippen molar-refractivity contribution in [3.05, 3.63) is 64.7 Å². The van der Waals surface area contributed by atoms with Crippen molar-refractivity contribution in [1.82, 2.24) is 0 Å². The summed E-state index contributed by atoms with van der Waals surface area (Å²) in [4.78, 5) is 34.4. The summed E-state index contributed by atoms with van der Waals surface area (Å²) in [6.45, 7) is 0. The molecule has 3 rings (SSSR count). The van der Waals surface area contributed by atoms with Crippen molar-refractivity contribution >= 4 is 21.0 Å². The van der Waals surface area contributed by atoms with Crippen LogP contribution < -0.4 is 4.50 Å². The van der Waals surface area contributed by atoms with Crippen LogP contribution in [0.1, 0.15) is 31.8 Å². The van der Waals surface area contributed by atoms with Crippen LogP contribution in [0.5, 0.6) is 0 Å². The van der Waals surface area contributed by atoms with Crippen LogP contribution in [0.2, 0.25) is 0 Å². The molecule has 0 aromatic heterocycles. The molecule has 1 N–H and O–H groups in total. The van der Waals surface area contributed by atoms with E-state index in [0.717, 1.165) is 0 Å². The van der Waals surface area contributed by atoms with Gasteiger partial charge in [0.2, 0.25) is 0 Å².